The van der Waals surface area contributed by atoms with Crippen LogP contribution in [0, 0.1) is 10.1 Å². The van der Waals surface area contributed by atoms with Crippen LogP contribution in [0.5, 0.6) is 23.0 Å². The third-order valence-electron chi connectivity index (χ3n) is 2.23. The Labute approximate surface area is 102 Å². The van der Waals surface area contributed by atoms with Gasteiger partial charge in [0.05, 0.1) is 4.92 Å². The molecule has 0 bridgehead atoms. The van der Waals surface area contributed by atoms with E-state index in [2.05, 4.69) is 0 Å². The largest absolute Gasteiger partial charge is 0.508 e. The summed E-state index contributed by atoms with van der Waals surface area (Å²) in [5.74, 6) is -0.389. The van der Waals surface area contributed by atoms with Crippen molar-refractivity contribution in [3.05, 3.63) is 52.6 Å². The maximum atomic E-state index is 10.8. The fourth-order valence-electron chi connectivity index (χ4n) is 1.40. The van der Waals surface area contributed by atoms with E-state index in [1.807, 2.05) is 0 Å². The molecule has 0 atom stereocenters. The Morgan fingerprint density at radius 2 is 1.78 bits per heavy atom. The average molecular weight is 247 g/mol. The zero-order valence-corrected chi connectivity index (χ0v) is 9.11. The number of nitrogens with zero attached hydrogens (tertiary/aromatic N) is 1. The lowest BCUT2D eigenvalue weighted by atomic mass is 10.2. The molecule has 2 aromatic carbocycles. The molecule has 0 unspecified atom stereocenters. The zero-order chi connectivity index (χ0) is 13.1. The third kappa shape index (κ3) is 2.32. The number of benzene rings is 2. The molecule has 6 nitrogen and oxygen atoms in total. The highest BCUT2D eigenvalue weighted by atomic mass is 16.6. The average Bonchev–Trinajstić information content (AvgIpc) is 2.34. The van der Waals surface area contributed by atoms with Crippen molar-refractivity contribution in [1.82, 2.24) is 0 Å². The Bertz CT molecular complexity index is 597. The SMILES string of the molecule is O=[N+]([O-])c1ccccc1Oc1cc(O)ccc1O. The van der Waals surface area contributed by atoms with Gasteiger partial charge in [-0.2, -0.15) is 0 Å². The molecule has 0 heterocycles. The number of nitro groups is 1. The Hall–Kier alpha value is -2.76. The van der Waals surface area contributed by atoms with Gasteiger partial charge >= 0.3 is 5.69 Å². The Morgan fingerprint density at radius 3 is 2.50 bits per heavy atom. The molecule has 0 amide bonds. The first-order chi connectivity index (χ1) is 8.58. The fourth-order valence-corrected chi connectivity index (χ4v) is 1.40. The van der Waals surface area contributed by atoms with Gasteiger partial charge in [0, 0.05) is 12.1 Å². The number of rotatable bonds is 3. The molecule has 0 spiro atoms. The molecule has 2 rings (SSSR count). The molecule has 0 radical (unpaired) electrons. The summed E-state index contributed by atoms with van der Waals surface area (Å²) in [5, 5.41) is 29.6. The zero-order valence-electron chi connectivity index (χ0n) is 9.11. The van der Waals surface area contributed by atoms with Gasteiger partial charge in [-0.25, -0.2) is 0 Å². The van der Waals surface area contributed by atoms with E-state index in [0.717, 1.165) is 0 Å². The van der Waals surface area contributed by atoms with Crippen molar-refractivity contribution in [2.24, 2.45) is 0 Å². The van der Waals surface area contributed by atoms with Crippen LogP contribution in [-0.4, -0.2) is 15.1 Å². The van der Waals surface area contributed by atoms with Gasteiger partial charge in [-0.3, -0.25) is 10.1 Å². The van der Waals surface area contributed by atoms with Crippen LogP contribution in [0.25, 0.3) is 0 Å². The first-order valence-corrected chi connectivity index (χ1v) is 5.01. The molecule has 0 fully saturated rings. The molecule has 0 aliphatic carbocycles. The minimum Gasteiger partial charge on any atom is -0.508 e. The number of ether oxygens (including phenoxy) is 1. The van der Waals surface area contributed by atoms with Gasteiger partial charge in [0.1, 0.15) is 5.75 Å². The van der Waals surface area contributed by atoms with Gasteiger partial charge in [0.25, 0.3) is 0 Å². The lowest BCUT2D eigenvalue weighted by Gasteiger charge is -2.07. The first-order valence-electron chi connectivity index (χ1n) is 5.01. The minimum absolute atomic E-state index is 0.0107. The van der Waals surface area contributed by atoms with Crippen LogP contribution < -0.4 is 4.74 Å². The summed E-state index contributed by atoms with van der Waals surface area (Å²) in [5.41, 5.74) is -0.222. The Balaban J connectivity index is 2.40. The Morgan fingerprint density at radius 1 is 1.06 bits per heavy atom. The van der Waals surface area contributed by atoms with Gasteiger partial charge in [-0.15, -0.1) is 0 Å². The lowest BCUT2D eigenvalue weighted by molar-refractivity contribution is -0.385. The van der Waals surface area contributed by atoms with E-state index >= 15 is 0 Å². The van der Waals surface area contributed by atoms with Crippen LogP contribution in [0.15, 0.2) is 42.5 Å². The van der Waals surface area contributed by atoms with Gasteiger partial charge in [-0.1, -0.05) is 12.1 Å². The standard InChI is InChI=1S/C12H9NO5/c14-8-5-6-10(15)12(7-8)18-11-4-2-1-3-9(11)13(16)17/h1-7,14-15H. The quantitative estimate of drug-likeness (QED) is 0.494. The smallest absolute Gasteiger partial charge is 0.311 e. The monoisotopic (exact) mass is 247 g/mol. The molecule has 0 aliphatic rings. The van der Waals surface area contributed by atoms with Crippen LogP contribution in [0.1, 0.15) is 0 Å². The first kappa shape index (κ1) is 11.7. The van der Waals surface area contributed by atoms with Crippen LogP contribution in [0.3, 0.4) is 0 Å². The highest BCUT2D eigenvalue weighted by Gasteiger charge is 2.16. The molecule has 18 heavy (non-hydrogen) atoms. The molecule has 2 N–H and O–H groups in total. The number of para-hydroxylation sites is 2. The minimum atomic E-state index is -0.588. The molecule has 2 aromatic rings. The second-order valence-electron chi connectivity index (χ2n) is 3.48. The van der Waals surface area contributed by atoms with Crippen LogP contribution >= 0.6 is 0 Å². The van der Waals surface area contributed by atoms with Gasteiger partial charge in [-0.05, 0) is 18.2 Å². The van der Waals surface area contributed by atoms with Crippen molar-refractivity contribution < 1.29 is 19.9 Å². The van der Waals surface area contributed by atoms with E-state index in [1.165, 1.54) is 36.4 Å². The van der Waals surface area contributed by atoms with Crippen molar-refractivity contribution in [1.29, 1.82) is 0 Å². The van der Waals surface area contributed by atoms with Crippen molar-refractivity contribution >= 4 is 5.69 Å². The summed E-state index contributed by atoms with van der Waals surface area (Å²) in [6.07, 6.45) is 0. The highest BCUT2D eigenvalue weighted by molar-refractivity contribution is 5.51. The number of aromatic hydroxyl groups is 2. The molecule has 92 valence electrons. The second-order valence-corrected chi connectivity index (χ2v) is 3.48. The molecule has 0 aliphatic heterocycles. The number of nitro benzene ring substituents is 1. The van der Waals surface area contributed by atoms with Gasteiger partial charge in [0.15, 0.2) is 11.5 Å². The van der Waals surface area contributed by atoms with Crippen molar-refractivity contribution in [3.63, 3.8) is 0 Å². The molecule has 0 saturated carbocycles. The summed E-state index contributed by atoms with van der Waals surface area (Å²) >= 11 is 0. The van der Waals surface area contributed by atoms with Gasteiger partial charge in [0.2, 0.25) is 5.75 Å². The van der Waals surface area contributed by atoms with Crippen molar-refractivity contribution in [3.8, 4) is 23.0 Å². The molecular formula is C12H9NO5. The number of hydrogen-bond acceptors (Lipinski definition) is 5. The predicted octanol–water partition coefficient (Wildman–Crippen LogP) is 2.80. The third-order valence-corrected chi connectivity index (χ3v) is 2.23. The summed E-state index contributed by atoms with van der Waals surface area (Å²) in [6, 6.07) is 9.46. The van der Waals surface area contributed by atoms with E-state index in [-0.39, 0.29) is 28.7 Å². The topological polar surface area (TPSA) is 92.8 Å². The Kier molecular flexibility index (Phi) is 3.01. The van der Waals surface area contributed by atoms with Crippen LogP contribution in [0.2, 0.25) is 0 Å². The highest BCUT2D eigenvalue weighted by Crippen LogP contribution is 2.37. The van der Waals surface area contributed by atoms with Crippen LogP contribution in [-0.2, 0) is 0 Å². The van der Waals surface area contributed by atoms with Crippen molar-refractivity contribution in [2.45, 2.75) is 0 Å². The molecule has 0 saturated heterocycles. The molecule has 0 aromatic heterocycles. The lowest BCUT2D eigenvalue weighted by Crippen LogP contribution is -1.93. The summed E-state index contributed by atoms with van der Waals surface area (Å²) in [4.78, 5) is 10.2. The second kappa shape index (κ2) is 4.62. The van der Waals surface area contributed by atoms with E-state index in [4.69, 9.17) is 4.74 Å². The molecule has 6 heteroatoms. The van der Waals surface area contributed by atoms with Gasteiger partial charge < -0.3 is 14.9 Å². The van der Waals surface area contributed by atoms with E-state index in [1.54, 1.807) is 6.07 Å². The number of phenolic OH excluding ortho intramolecular Hbond substituents is 2. The summed E-state index contributed by atoms with van der Waals surface area (Å²) in [7, 11) is 0. The normalized spacial score (nSPS) is 10.0. The number of phenols is 2. The maximum absolute atomic E-state index is 10.8. The van der Waals surface area contributed by atoms with Crippen molar-refractivity contribution in [2.75, 3.05) is 0 Å². The fraction of sp³-hybridized carbons (Fsp3) is 0. The number of hydrogen-bond donors (Lipinski definition) is 2. The molecular weight excluding hydrogens is 238 g/mol. The van der Waals surface area contributed by atoms with E-state index in [0.29, 0.717) is 0 Å². The summed E-state index contributed by atoms with van der Waals surface area (Å²) in [6.45, 7) is 0. The maximum Gasteiger partial charge on any atom is 0.311 e. The predicted molar refractivity (Wildman–Crippen MR) is 62.9 cm³/mol. The summed E-state index contributed by atoms with van der Waals surface area (Å²) < 4.78 is 5.23. The van der Waals surface area contributed by atoms with E-state index in [9.17, 15) is 20.3 Å². The van der Waals surface area contributed by atoms with Crippen LogP contribution in [0.4, 0.5) is 5.69 Å². The van der Waals surface area contributed by atoms with E-state index < -0.39 is 4.92 Å².